The lowest BCUT2D eigenvalue weighted by Gasteiger charge is -2.59. The summed E-state index contributed by atoms with van der Waals surface area (Å²) in [7, 11) is 0. The van der Waals surface area contributed by atoms with Crippen molar-refractivity contribution in [3.63, 3.8) is 0 Å². The van der Waals surface area contributed by atoms with Gasteiger partial charge in [0.25, 0.3) is 0 Å². The molecule has 4 saturated carbocycles. The molecule has 0 amide bonds. The summed E-state index contributed by atoms with van der Waals surface area (Å²) in [5.74, 6) is 2.21. The molecule has 3 unspecified atom stereocenters. The Balaban J connectivity index is 1.80. The minimum atomic E-state index is -0.548. The Bertz CT molecular complexity index is 508. The summed E-state index contributed by atoms with van der Waals surface area (Å²) in [5, 5.41) is 11.1. The molecule has 19 heavy (non-hydrogen) atoms. The molecule has 4 fully saturated rings. The lowest BCUT2D eigenvalue weighted by Crippen LogP contribution is -2.55. The van der Waals surface area contributed by atoms with Crippen molar-refractivity contribution in [1.82, 2.24) is 0 Å². The average Bonchev–Trinajstić information content (AvgIpc) is 2.37. The van der Waals surface area contributed by atoms with E-state index in [0.29, 0.717) is 5.92 Å². The normalized spacial score (nSPS) is 43.4. The van der Waals surface area contributed by atoms with Gasteiger partial charge in [0.15, 0.2) is 0 Å². The molecule has 1 N–H and O–H groups in total. The third-order valence-corrected chi connectivity index (χ3v) is 5.73. The fourth-order valence-electron chi connectivity index (χ4n) is 5.44. The van der Waals surface area contributed by atoms with Crippen molar-refractivity contribution in [2.45, 2.75) is 43.6 Å². The Kier molecular flexibility index (Phi) is 2.41. The number of carbonyl (C=O) groups is 1. The van der Waals surface area contributed by atoms with Crippen molar-refractivity contribution < 1.29 is 9.90 Å². The van der Waals surface area contributed by atoms with Crippen molar-refractivity contribution in [2.75, 3.05) is 0 Å². The molecule has 4 aliphatic carbocycles. The zero-order valence-corrected chi connectivity index (χ0v) is 11.1. The zero-order chi connectivity index (χ0) is 13.0. The van der Waals surface area contributed by atoms with Crippen molar-refractivity contribution in [3.8, 4) is 0 Å². The van der Waals surface area contributed by atoms with Gasteiger partial charge in [0, 0.05) is 11.5 Å². The second-order valence-electron chi connectivity index (χ2n) is 6.94. The number of aldehydes is 1. The Morgan fingerprint density at radius 2 is 1.79 bits per heavy atom. The van der Waals surface area contributed by atoms with E-state index < -0.39 is 5.60 Å². The molecule has 4 aliphatic rings. The van der Waals surface area contributed by atoms with Gasteiger partial charge in [-0.05, 0) is 55.4 Å². The molecule has 0 aliphatic heterocycles. The molecule has 0 spiro atoms. The minimum absolute atomic E-state index is 0.182. The lowest BCUT2D eigenvalue weighted by molar-refractivity contribution is -0.143. The summed E-state index contributed by atoms with van der Waals surface area (Å²) in [6, 6.07) is 7.84. The van der Waals surface area contributed by atoms with E-state index in [1.165, 1.54) is 19.3 Å². The summed E-state index contributed by atoms with van der Waals surface area (Å²) in [5.41, 5.74) is 1.31. The van der Waals surface area contributed by atoms with E-state index in [0.717, 1.165) is 42.1 Å². The van der Waals surface area contributed by atoms with Gasteiger partial charge in [0.1, 0.15) is 6.29 Å². The van der Waals surface area contributed by atoms with E-state index in [1.807, 2.05) is 18.2 Å². The van der Waals surface area contributed by atoms with Crippen LogP contribution in [0.5, 0.6) is 0 Å². The molecule has 0 radical (unpaired) electrons. The number of carbonyl (C=O) groups excluding carboxylic acids is 1. The highest BCUT2D eigenvalue weighted by molar-refractivity contribution is 5.77. The van der Waals surface area contributed by atoms with Gasteiger partial charge < -0.3 is 5.11 Å². The first-order chi connectivity index (χ1) is 9.19. The van der Waals surface area contributed by atoms with E-state index in [-0.39, 0.29) is 5.92 Å². The van der Waals surface area contributed by atoms with Crippen molar-refractivity contribution in [2.24, 2.45) is 17.8 Å². The fraction of sp³-hybridized carbons (Fsp3) is 0.588. The van der Waals surface area contributed by atoms with E-state index in [4.69, 9.17) is 0 Å². The summed E-state index contributed by atoms with van der Waals surface area (Å²) in [6.45, 7) is 0. The lowest BCUT2D eigenvalue weighted by atomic mass is 9.48. The van der Waals surface area contributed by atoms with Crippen LogP contribution in [0.25, 0.3) is 0 Å². The topological polar surface area (TPSA) is 37.3 Å². The number of hydrogen-bond donors (Lipinski definition) is 1. The van der Waals surface area contributed by atoms with Gasteiger partial charge in [-0.25, -0.2) is 0 Å². The van der Waals surface area contributed by atoms with Crippen LogP contribution in [-0.2, 0) is 0 Å². The average molecular weight is 256 g/mol. The van der Waals surface area contributed by atoms with Crippen LogP contribution in [0, 0.1) is 17.8 Å². The SMILES string of the molecule is O=Cc1ccccc1C1C2CC3CC(C2)CC1(O)C3. The highest BCUT2D eigenvalue weighted by Crippen LogP contribution is 2.61. The first-order valence-corrected chi connectivity index (χ1v) is 7.46. The molecule has 0 heterocycles. The molecular weight excluding hydrogens is 236 g/mol. The first-order valence-electron chi connectivity index (χ1n) is 7.46. The Labute approximate surface area is 113 Å². The predicted molar refractivity (Wildman–Crippen MR) is 73.1 cm³/mol. The highest BCUT2D eigenvalue weighted by atomic mass is 16.3. The number of hydrogen-bond acceptors (Lipinski definition) is 2. The minimum Gasteiger partial charge on any atom is -0.389 e. The Morgan fingerprint density at radius 3 is 2.42 bits per heavy atom. The van der Waals surface area contributed by atoms with Crippen LogP contribution < -0.4 is 0 Å². The van der Waals surface area contributed by atoms with Gasteiger partial charge in [-0.1, -0.05) is 24.3 Å². The van der Waals surface area contributed by atoms with Crippen molar-refractivity contribution in [1.29, 1.82) is 0 Å². The zero-order valence-electron chi connectivity index (χ0n) is 11.1. The molecular formula is C17H20O2. The molecule has 5 rings (SSSR count). The molecule has 0 saturated heterocycles. The van der Waals surface area contributed by atoms with Gasteiger partial charge >= 0.3 is 0 Å². The predicted octanol–water partition coefficient (Wildman–Crippen LogP) is 3.15. The largest absolute Gasteiger partial charge is 0.389 e. The van der Waals surface area contributed by atoms with Gasteiger partial charge in [-0.15, -0.1) is 0 Å². The quantitative estimate of drug-likeness (QED) is 0.825. The van der Waals surface area contributed by atoms with Crippen LogP contribution in [0.2, 0.25) is 0 Å². The van der Waals surface area contributed by atoms with E-state index in [2.05, 4.69) is 6.07 Å². The van der Waals surface area contributed by atoms with Gasteiger partial charge in [0.05, 0.1) is 5.60 Å². The highest BCUT2D eigenvalue weighted by Gasteiger charge is 2.56. The van der Waals surface area contributed by atoms with E-state index in [9.17, 15) is 9.90 Å². The molecule has 100 valence electrons. The summed E-state index contributed by atoms with van der Waals surface area (Å²) in [6.07, 6.45) is 6.65. The van der Waals surface area contributed by atoms with E-state index in [1.54, 1.807) is 0 Å². The van der Waals surface area contributed by atoms with Crippen LogP contribution in [0.15, 0.2) is 24.3 Å². The second-order valence-corrected chi connectivity index (χ2v) is 6.94. The third kappa shape index (κ3) is 1.62. The molecule has 2 heteroatoms. The second kappa shape index (κ2) is 3.92. The smallest absolute Gasteiger partial charge is 0.150 e. The van der Waals surface area contributed by atoms with Crippen LogP contribution in [0.3, 0.4) is 0 Å². The first kappa shape index (κ1) is 11.7. The third-order valence-electron chi connectivity index (χ3n) is 5.73. The Hall–Kier alpha value is -1.15. The molecule has 1 aromatic rings. The molecule has 2 nitrogen and oxygen atoms in total. The number of benzene rings is 1. The summed E-state index contributed by atoms with van der Waals surface area (Å²) >= 11 is 0. The Morgan fingerprint density at radius 1 is 1.11 bits per heavy atom. The molecule has 4 bridgehead atoms. The molecule has 0 aromatic heterocycles. The van der Waals surface area contributed by atoms with Crippen LogP contribution in [0.4, 0.5) is 0 Å². The van der Waals surface area contributed by atoms with Gasteiger partial charge in [0.2, 0.25) is 0 Å². The van der Waals surface area contributed by atoms with E-state index >= 15 is 0 Å². The molecule has 1 aromatic carbocycles. The van der Waals surface area contributed by atoms with Crippen LogP contribution in [-0.4, -0.2) is 17.0 Å². The van der Waals surface area contributed by atoms with Gasteiger partial charge in [-0.2, -0.15) is 0 Å². The number of aliphatic hydroxyl groups is 1. The fourth-order valence-corrected chi connectivity index (χ4v) is 5.44. The van der Waals surface area contributed by atoms with Gasteiger partial charge in [-0.3, -0.25) is 4.79 Å². The maximum atomic E-state index is 11.3. The van der Waals surface area contributed by atoms with Crippen LogP contribution >= 0.6 is 0 Å². The van der Waals surface area contributed by atoms with Crippen molar-refractivity contribution in [3.05, 3.63) is 35.4 Å². The van der Waals surface area contributed by atoms with Crippen molar-refractivity contribution >= 4 is 6.29 Å². The number of rotatable bonds is 2. The maximum Gasteiger partial charge on any atom is 0.150 e. The summed E-state index contributed by atoms with van der Waals surface area (Å²) in [4.78, 5) is 11.3. The molecule has 3 atom stereocenters. The maximum absolute atomic E-state index is 11.3. The standard InChI is InChI=1S/C17H20O2/c18-10-13-3-1-2-4-15(13)16-14-6-11-5-12(7-14)9-17(16,19)8-11/h1-4,10-12,14,16,19H,5-9H2. The van der Waals surface area contributed by atoms with Crippen LogP contribution in [0.1, 0.15) is 53.9 Å². The monoisotopic (exact) mass is 256 g/mol. The summed E-state index contributed by atoms with van der Waals surface area (Å²) < 4.78 is 0.